The van der Waals surface area contributed by atoms with E-state index < -0.39 is 26.0 Å². The Bertz CT molecular complexity index is 1470. The van der Waals surface area contributed by atoms with E-state index in [1.807, 2.05) is 0 Å². The van der Waals surface area contributed by atoms with Crippen molar-refractivity contribution in [3.63, 3.8) is 0 Å². The first kappa shape index (κ1) is 21.2. The number of benzene rings is 2. The van der Waals surface area contributed by atoms with Crippen molar-refractivity contribution in [3.8, 4) is 34.3 Å². The topological polar surface area (TPSA) is 131 Å². The number of hydrogen-bond donors (Lipinski definition) is 2. The van der Waals surface area contributed by atoms with Gasteiger partial charge in [-0.05, 0) is 12.1 Å². The largest absolute Gasteiger partial charge is 0.507 e. The first-order chi connectivity index (χ1) is 14.6. The Morgan fingerprint density at radius 1 is 1.06 bits per heavy atom. The smallest absolute Gasteiger partial charge is 0.233 e. The molecule has 0 atom stereocenters. The van der Waals surface area contributed by atoms with Gasteiger partial charge in [0.05, 0.1) is 17.0 Å². The van der Waals surface area contributed by atoms with Crippen molar-refractivity contribution in [2.75, 3.05) is 5.75 Å². The van der Waals surface area contributed by atoms with Crippen LogP contribution in [0.3, 0.4) is 0 Å². The molecule has 31 heavy (non-hydrogen) atoms. The van der Waals surface area contributed by atoms with Crippen molar-refractivity contribution in [1.29, 1.82) is 0 Å². The summed E-state index contributed by atoms with van der Waals surface area (Å²) in [5.74, 6) is -1.17. The number of phenols is 2. The summed E-state index contributed by atoms with van der Waals surface area (Å²) in [5.41, 5.74) is -0.399. The van der Waals surface area contributed by atoms with Crippen LogP contribution < -0.4 is 5.43 Å². The average molecular weight is 482 g/mol. The average Bonchev–Trinajstić information content (AvgIpc) is 3.14. The highest BCUT2D eigenvalue weighted by molar-refractivity contribution is 8.13. The number of hydrogen-bond acceptors (Lipinski definition) is 8. The van der Waals surface area contributed by atoms with Crippen molar-refractivity contribution in [1.82, 2.24) is 4.98 Å². The van der Waals surface area contributed by atoms with E-state index in [0.717, 1.165) is 6.07 Å². The Balaban J connectivity index is 1.93. The van der Waals surface area contributed by atoms with Crippen molar-refractivity contribution in [2.24, 2.45) is 0 Å². The molecule has 0 radical (unpaired) electrons. The number of phenolic OH excluding ortho intramolecular Hbond substituents is 2. The molecule has 0 spiro atoms. The van der Waals surface area contributed by atoms with Crippen LogP contribution in [-0.4, -0.2) is 29.4 Å². The van der Waals surface area contributed by atoms with E-state index in [4.69, 9.17) is 31.1 Å². The summed E-state index contributed by atoms with van der Waals surface area (Å²) in [5, 5.41) is 20.8. The van der Waals surface area contributed by atoms with E-state index in [0.29, 0.717) is 10.6 Å². The summed E-state index contributed by atoms with van der Waals surface area (Å²) in [6.07, 6.45) is 1.22. The zero-order valence-electron chi connectivity index (χ0n) is 15.5. The molecule has 0 saturated heterocycles. The number of halogens is 2. The van der Waals surface area contributed by atoms with Crippen LogP contribution in [0.15, 0.2) is 56.2 Å². The second kappa shape index (κ2) is 7.92. The minimum absolute atomic E-state index is 0.0512. The molecule has 8 nitrogen and oxygen atoms in total. The maximum absolute atomic E-state index is 12.7. The number of aromatic nitrogens is 1. The van der Waals surface area contributed by atoms with Crippen LogP contribution in [0.5, 0.6) is 11.5 Å². The fourth-order valence-corrected chi connectivity index (χ4v) is 3.97. The summed E-state index contributed by atoms with van der Waals surface area (Å²) < 4.78 is 33.7. The van der Waals surface area contributed by atoms with Gasteiger partial charge in [0, 0.05) is 34.8 Å². The number of fused-ring (bicyclic) bond motifs is 1. The van der Waals surface area contributed by atoms with Gasteiger partial charge in [-0.15, -0.1) is 0 Å². The van der Waals surface area contributed by atoms with E-state index in [1.165, 1.54) is 12.3 Å². The van der Waals surface area contributed by atoms with Gasteiger partial charge in [0.25, 0.3) is 0 Å². The molecule has 2 N–H and O–H groups in total. The summed E-state index contributed by atoms with van der Waals surface area (Å²) >= 11 is 6.20. The van der Waals surface area contributed by atoms with Gasteiger partial charge in [-0.1, -0.05) is 23.7 Å². The second-order valence-corrected chi connectivity index (χ2v) is 9.88. The number of rotatable bonds is 5. The Morgan fingerprint density at radius 2 is 1.81 bits per heavy atom. The summed E-state index contributed by atoms with van der Waals surface area (Å²) in [4.78, 5) is 16.8. The Labute approximate surface area is 184 Å². The van der Waals surface area contributed by atoms with Crippen LogP contribution >= 0.6 is 22.3 Å². The monoisotopic (exact) mass is 481 g/mol. The lowest BCUT2D eigenvalue weighted by Crippen LogP contribution is -2.02. The molecule has 0 fully saturated rings. The fraction of sp³-hybridized carbons (Fsp3) is 0.100. The van der Waals surface area contributed by atoms with Gasteiger partial charge >= 0.3 is 0 Å². The first-order valence-corrected chi connectivity index (χ1v) is 11.6. The molecule has 0 amide bonds. The fourth-order valence-electron chi connectivity index (χ4n) is 3.06. The van der Waals surface area contributed by atoms with Gasteiger partial charge < -0.3 is 19.0 Å². The van der Waals surface area contributed by atoms with Gasteiger partial charge in [-0.2, -0.15) is 0 Å². The zero-order chi connectivity index (χ0) is 22.3. The van der Waals surface area contributed by atoms with E-state index in [9.17, 15) is 23.4 Å². The first-order valence-electron chi connectivity index (χ1n) is 8.79. The molecule has 4 rings (SSSR count). The second-order valence-electron chi connectivity index (χ2n) is 6.57. The standard InChI is InChI=1S/C20H13Cl2NO7S/c21-12-4-2-1-3-11(12)16-8-15(26)17-13(24)7-14(25)18(19(17)30-16)20-23-9-10(29-20)5-6-31(22,27)28/h1-4,7-9,24-25H,5-6H2. The predicted molar refractivity (Wildman–Crippen MR) is 115 cm³/mol. The van der Waals surface area contributed by atoms with Gasteiger partial charge in [0.1, 0.15) is 34.0 Å². The lowest BCUT2D eigenvalue weighted by Gasteiger charge is -2.10. The summed E-state index contributed by atoms with van der Waals surface area (Å²) in [6, 6.07) is 8.83. The number of aromatic hydroxyl groups is 2. The molecule has 0 unspecified atom stereocenters. The van der Waals surface area contributed by atoms with E-state index in [1.54, 1.807) is 24.3 Å². The molecule has 0 aliphatic rings. The van der Waals surface area contributed by atoms with Crippen LogP contribution in [0.2, 0.25) is 5.02 Å². The maximum atomic E-state index is 12.7. The number of aryl methyl sites for hydroxylation is 1. The van der Waals surface area contributed by atoms with Crippen LogP contribution in [0.4, 0.5) is 0 Å². The van der Waals surface area contributed by atoms with Crippen molar-refractivity contribution < 1.29 is 27.5 Å². The Hall–Kier alpha value is -3.01. The minimum Gasteiger partial charge on any atom is -0.507 e. The van der Waals surface area contributed by atoms with Crippen molar-refractivity contribution in [2.45, 2.75) is 6.42 Å². The van der Waals surface area contributed by atoms with Gasteiger partial charge in [-0.3, -0.25) is 4.79 Å². The highest BCUT2D eigenvalue weighted by Gasteiger charge is 2.23. The normalized spacial score (nSPS) is 11.8. The third-order valence-corrected chi connectivity index (χ3v) is 5.94. The minimum atomic E-state index is -3.74. The molecule has 0 saturated carbocycles. The molecule has 2 aromatic heterocycles. The van der Waals surface area contributed by atoms with Gasteiger partial charge in [0.15, 0.2) is 11.0 Å². The molecule has 0 aliphatic heterocycles. The van der Waals surface area contributed by atoms with E-state index in [2.05, 4.69) is 4.98 Å². The third-order valence-electron chi connectivity index (χ3n) is 4.46. The van der Waals surface area contributed by atoms with E-state index in [-0.39, 0.29) is 46.1 Å². The summed E-state index contributed by atoms with van der Waals surface area (Å²) in [7, 11) is 1.47. The lowest BCUT2D eigenvalue weighted by atomic mass is 10.1. The van der Waals surface area contributed by atoms with E-state index >= 15 is 0 Å². The highest BCUT2D eigenvalue weighted by Crippen LogP contribution is 2.41. The number of nitrogens with zero attached hydrogens (tertiary/aromatic N) is 1. The molecule has 160 valence electrons. The SMILES string of the molecule is O=c1cc(-c2ccccc2Cl)oc2c(-c3ncc(CCS(=O)(=O)Cl)o3)c(O)cc(O)c12. The van der Waals surface area contributed by atoms with Crippen molar-refractivity contribution in [3.05, 3.63) is 63.6 Å². The highest BCUT2D eigenvalue weighted by atomic mass is 35.7. The van der Waals surface area contributed by atoms with Crippen molar-refractivity contribution >= 4 is 42.3 Å². The van der Waals surface area contributed by atoms with Crippen LogP contribution in [0.1, 0.15) is 5.76 Å². The van der Waals surface area contributed by atoms with Crippen LogP contribution in [0.25, 0.3) is 33.7 Å². The lowest BCUT2D eigenvalue weighted by molar-refractivity contribution is 0.450. The number of oxazole rings is 1. The van der Waals surface area contributed by atoms with Gasteiger partial charge in [-0.25, -0.2) is 13.4 Å². The summed E-state index contributed by atoms with van der Waals surface area (Å²) in [6.45, 7) is 0. The Kier molecular flexibility index (Phi) is 5.42. The predicted octanol–water partition coefficient (Wildman–Crippen LogP) is 4.29. The molecular weight excluding hydrogens is 469 g/mol. The Morgan fingerprint density at radius 3 is 2.52 bits per heavy atom. The molecule has 0 aliphatic carbocycles. The molecule has 2 heterocycles. The molecule has 2 aromatic carbocycles. The third kappa shape index (κ3) is 4.25. The molecule has 0 bridgehead atoms. The quantitative estimate of drug-likeness (QED) is 0.403. The van der Waals surface area contributed by atoms with Crippen LogP contribution in [-0.2, 0) is 15.5 Å². The molecule has 4 aromatic rings. The van der Waals surface area contributed by atoms with Gasteiger partial charge in [0.2, 0.25) is 14.9 Å². The molecular formula is C20H13Cl2NO7S. The molecule has 11 heteroatoms. The van der Waals surface area contributed by atoms with Crippen LogP contribution in [0, 0.1) is 0 Å². The maximum Gasteiger partial charge on any atom is 0.233 e. The zero-order valence-corrected chi connectivity index (χ0v) is 17.8.